The van der Waals surface area contributed by atoms with Crippen molar-refractivity contribution < 1.29 is 14.1 Å². The van der Waals surface area contributed by atoms with Crippen LogP contribution in [0.3, 0.4) is 0 Å². The summed E-state index contributed by atoms with van der Waals surface area (Å²) in [5, 5.41) is 0.841. The molecule has 0 aromatic carbocycles. The third-order valence-electron chi connectivity index (χ3n) is 2.89. The molecule has 0 atom stereocenters. The molecule has 0 bridgehead atoms. The van der Waals surface area contributed by atoms with Crippen molar-refractivity contribution >= 4 is 20.1 Å². The highest BCUT2D eigenvalue weighted by Gasteiger charge is 2.42. The van der Waals surface area contributed by atoms with Crippen LogP contribution < -0.4 is 0 Å². The monoisotopic (exact) mass is 227 g/mol. The van der Waals surface area contributed by atoms with E-state index in [1.54, 1.807) is 0 Å². The average molecular weight is 227 g/mol. The molecule has 0 spiro atoms. The molecular weight excluding hydrogens is 210 g/mol. The van der Waals surface area contributed by atoms with Crippen LogP contribution in [0.2, 0.25) is 18.1 Å². The van der Waals surface area contributed by atoms with Crippen LogP contribution in [0.15, 0.2) is 12.2 Å². The first-order chi connectivity index (χ1) is 6.65. The molecule has 0 fully saturated rings. The third kappa shape index (κ3) is 2.35. The first-order valence-electron chi connectivity index (χ1n) is 4.90. The Kier molecular flexibility index (Phi) is 2.89. The van der Waals surface area contributed by atoms with Gasteiger partial charge in [0.1, 0.15) is 0 Å². The fourth-order valence-corrected chi connectivity index (χ4v) is 1.75. The van der Waals surface area contributed by atoms with Gasteiger partial charge in [-0.2, -0.15) is 5.06 Å². The molecule has 0 aliphatic carbocycles. The van der Waals surface area contributed by atoms with Crippen molar-refractivity contribution in [2.45, 2.75) is 38.9 Å². The molecule has 5 heteroatoms. The van der Waals surface area contributed by atoms with Gasteiger partial charge in [0.25, 0.3) is 11.8 Å². The molecule has 0 aromatic heterocycles. The molecule has 84 valence electrons. The number of nitrogens with zero attached hydrogens (tertiary/aromatic N) is 1. The Morgan fingerprint density at radius 2 is 1.53 bits per heavy atom. The minimum atomic E-state index is -2.11. The number of hydroxylamine groups is 2. The maximum absolute atomic E-state index is 11.3. The zero-order valence-electron chi connectivity index (χ0n) is 9.83. The lowest BCUT2D eigenvalue weighted by atomic mass is 10.2. The number of carbonyl (C=O) groups is 2. The maximum Gasteiger partial charge on any atom is 0.276 e. The molecular formula is C10H17NO3Si. The second kappa shape index (κ2) is 3.57. The summed E-state index contributed by atoms with van der Waals surface area (Å²) in [7, 11) is -2.11. The van der Waals surface area contributed by atoms with Gasteiger partial charge in [-0.15, -0.1) is 0 Å². The lowest BCUT2D eigenvalue weighted by molar-refractivity contribution is -0.165. The number of amides is 2. The van der Waals surface area contributed by atoms with E-state index in [1.165, 1.54) is 12.2 Å². The number of hydrogen-bond donors (Lipinski definition) is 0. The molecule has 0 aromatic rings. The maximum atomic E-state index is 11.3. The summed E-state index contributed by atoms with van der Waals surface area (Å²) in [6.07, 6.45) is 2.46. The highest BCUT2D eigenvalue weighted by Crippen LogP contribution is 2.37. The molecule has 0 saturated carbocycles. The summed E-state index contributed by atoms with van der Waals surface area (Å²) in [6, 6.07) is 0. The van der Waals surface area contributed by atoms with E-state index in [1.807, 2.05) is 13.1 Å². The Balaban J connectivity index is 2.79. The van der Waals surface area contributed by atoms with E-state index in [-0.39, 0.29) is 16.9 Å². The quantitative estimate of drug-likeness (QED) is 0.534. The van der Waals surface area contributed by atoms with Gasteiger partial charge in [0.15, 0.2) is 0 Å². The SMILES string of the molecule is CC(C)(C)[Si](C)(C)ON1C(=O)C=CC1=O. The lowest BCUT2D eigenvalue weighted by Crippen LogP contribution is -2.48. The smallest absolute Gasteiger partial charge is 0.276 e. The molecule has 0 radical (unpaired) electrons. The number of imide groups is 1. The Morgan fingerprint density at radius 3 is 1.87 bits per heavy atom. The van der Waals surface area contributed by atoms with Crippen LogP contribution in [-0.2, 0) is 14.1 Å². The van der Waals surface area contributed by atoms with Gasteiger partial charge in [0.05, 0.1) is 0 Å². The van der Waals surface area contributed by atoms with Gasteiger partial charge >= 0.3 is 0 Å². The van der Waals surface area contributed by atoms with E-state index in [2.05, 4.69) is 20.8 Å². The van der Waals surface area contributed by atoms with Gasteiger partial charge in [-0.3, -0.25) is 9.59 Å². The van der Waals surface area contributed by atoms with Crippen molar-refractivity contribution in [1.82, 2.24) is 5.06 Å². The molecule has 0 N–H and O–H groups in total. The molecule has 1 aliphatic heterocycles. The lowest BCUT2D eigenvalue weighted by Gasteiger charge is -2.37. The number of hydrogen-bond acceptors (Lipinski definition) is 3. The molecule has 1 rings (SSSR count). The largest absolute Gasteiger partial charge is 0.310 e. The van der Waals surface area contributed by atoms with E-state index in [0.29, 0.717) is 0 Å². The van der Waals surface area contributed by atoms with Crippen LogP contribution in [0.5, 0.6) is 0 Å². The van der Waals surface area contributed by atoms with Crippen molar-refractivity contribution in [2.75, 3.05) is 0 Å². The predicted octanol–water partition coefficient (Wildman–Crippen LogP) is 1.85. The zero-order chi connectivity index (χ0) is 11.9. The van der Waals surface area contributed by atoms with Crippen LogP contribution >= 0.6 is 0 Å². The van der Waals surface area contributed by atoms with Crippen molar-refractivity contribution in [3.8, 4) is 0 Å². The van der Waals surface area contributed by atoms with Crippen LogP contribution in [-0.4, -0.2) is 25.2 Å². The Labute approximate surface area is 91.0 Å². The number of carbonyl (C=O) groups excluding carboxylic acids is 2. The highest BCUT2D eigenvalue weighted by molar-refractivity contribution is 6.74. The van der Waals surface area contributed by atoms with Crippen molar-refractivity contribution in [3.63, 3.8) is 0 Å². The number of rotatable bonds is 2. The summed E-state index contributed by atoms with van der Waals surface area (Å²) in [5.74, 6) is -0.769. The fourth-order valence-electron chi connectivity index (χ4n) is 0.842. The minimum absolute atomic E-state index is 0.0316. The molecule has 2 amide bonds. The first kappa shape index (κ1) is 12.1. The van der Waals surface area contributed by atoms with E-state index in [0.717, 1.165) is 5.06 Å². The molecule has 0 unspecified atom stereocenters. The van der Waals surface area contributed by atoms with Crippen LogP contribution in [0.1, 0.15) is 20.8 Å². The second-order valence-electron chi connectivity index (χ2n) is 5.16. The van der Waals surface area contributed by atoms with Gasteiger partial charge < -0.3 is 4.53 Å². The summed E-state index contributed by atoms with van der Waals surface area (Å²) in [5.41, 5.74) is 0. The predicted molar refractivity (Wildman–Crippen MR) is 59.3 cm³/mol. The summed E-state index contributed by atoms with van der Waals surface area (Å²) >= 11 is 0. The van der Waals surface area contributed by atoms with Crippen LogP contribution in [0.25, 0.3) is 0 Å². The topological polar surface area (TPSA) is 46.6 Å². The first-order valence-corrected chi connectivity index (χ1v) is 7.81. The Hall–Kier alpha value is -0.943. The molecule has 0 saturated heterocycles. The van der Waals surface area contributed by atoms with Crippen molar-refractivity contribution in [2.24, 2.45) is 0 Å². The van der Waals surface area contributed by atoms with Gasteiger partial charge in [-0.25, -0.2) is 0 Å². The van der Waals surface area contributed by atoms with E-state index < -0.39 is 8.32 Å². The third-order valence-corrected chi connectivity index (χ3v) is 7.15. The summed E-state index contributed by atoms with van der Waals surface area (Å²) < 4.78 is 5.60. The van der Waals surface area contributed by atoms with Crippen LogP contribution in [0, 0.1) is 0 Å². The van der Waals surface area contributed by atoms with Gasteiger partial charge in [0, 0.05) is 12.2 Å². The summed E-state index contributed by atoms with van der Waals surface area (Å²) in [6.45, 7) is 10.1. The Morgan fingerprint density at radius 1 is 1.13 bits per heavy atom. The molecule has 4 nitrogen and oxygen atoms in total. The van der Waals surface area contributed by atoms with E-state index in [4.69, 9.17) is 4.53 Å². The van der Waals surface area contributed by atoms with Crippen molar-refractivity contribution in [3.05, 3.63) is 12.2 Å². The highest BCUT2D eigenvalue weighted by atomic mass is 28.4. The normalized spacial score (nSPS) is 17.8. The van der Waals surface area contributed by atoms with Gasteiger partial charge in [-0.05, 0) is 18.1 Å². The fraction of sp³-hybridized carbons (Fsp3) is 0.600. The zero-order valence-corrected chi connectivity index (χ0v) is 10.8. The van der Waals surface area contributed by atoms with Crippen LogP contribution in [0.4, 0.5) is 0 Å². The van der Waals surface area contributed by atoms with Crippen molar-refractivity contribution in [1.29, 1.82) is 0 Å². The summed E-state index contributed by atoms with van der Waals surface area (Å²) in [4.78, 5) is 22.6. The molecule has 1 heterocycles. The molecule has 15 heavy (non-hydrogen) atoms. The van der Waals surface area contributed by atoms with E-state index in [9.17, 15) is 9.59 Å². The standard InChI is InChI=1S/C10H17NO3Si/c1-10(2,3)15(4,5)14-11-8(12)6-7-9(11)13/h6-7H,1-5H3. The Bertz CT molecular complexity index is 310. The molecule has 1 aliphatic rings. The van der Waals surface area contributed by atoms with E-state index >= 15 is 0 Å². The second-order valence-corrected chi connectivity index (χ2v) is 9.86. The van der Waals surface area contributed by atoms with Gasteiger partial charge in [-0.1, -0.05) is 20.8 Å². The van der Waals surface area contributed by atoms with Gasteiger partial charge in [0.2, 0.25) is 8.32 Å². The minimum Gasteiger partial charge on any atom is -0.310 e. The average Bonchev–Trinajstić information content (AvgIpc) is 2.33.